The highest BCUT2D eigenvalue weighted by Gasteiger charge is 2.48. The maximum atomic E-state index is 13.8. The number of nitrogens with zero attached hydrogens (tertiary/aromatic N) is 2. The number of aromatic nitrogens is 2. The van der Waals surface area contributed by atoms with Gasteiger partial charge in [-0.15, -0.1) is 0 Å². The number of benzene rings is 2. The van der Waals surface area contributed by atoms with E-state index in [0.29, 0.717) is 15.2 Å². The molecule has 0 saturated carbocycles. The van der Waals surface area contributed by atoms with Crippen molar-refractivity contribution in [3.63, 3.8) is 0 Å². The Bertz CT molecular complexity index is 1050. The van der Waals surface area contributed by atoms with Crippen LogP contribution in [0.15, 0.2) is 53.6 Å². The first-order valence-electron chi connectivity index (χ1n) is 7.91. The summed E-state index contributed by atoms with van der Waals surface area (Å²) in [6.45, 7) is 0.888. The normalized spacial score (nSPS) is 14.0. The minimum atomic E-state index is -4.89. The van der Waals surface area contributed by atoms with Crippen molar-refractivity contribution in [2.45, 2.75) is 24.0 Å². The predicted molar refractivity (Wildman–Crippen MR) is 90.9 cm³/mol. The molecule has 1 atom stereocenters. The summed E-state index contributed by atoms with van der Waals surface area (Å²) in [4.78, 5) is -0.294. The average Bonchev–Trinajstić information content (AvgIpc) is 3.07. The number of rotatable bonds is 5. The lowest BCUT2D eigenvalue weighted by atomic mass is 10.1. The van der Waals surface area contributed by atoms with Crippen LogP contribution in [0.5, 0.6) is 0 Å². The van der Waals surface area contributed by atoms with E-state index in [4.69, 9.17) is 0 Å². The fourth-order valence-electron chi connectivity index (χ4n) is 2.87. The summed E-state index contributed by atoms with van der Waals surface area (Å²) in [5.41, 5.74) is 0.0226. The van der Waals surface area contributed by atoms with Crippen LogP contribution < -0.4 is 0 Å². The van der Waals surface area contributed by atoms with Gasteiger partial charge in [-0.3, -0.25) is 5.10 Å². The van der Waals surface area contributed by atoms with Crippen LogP contribution in [-0.4, -0.2) is 35.6 Å². The summed E-state index contributed by atoms with van der Waals surface area (Å²) >= 11 is 0. The third-order valence-corrected chi connectivity index (χ3v) is 6.05. The van der Waals surface area contributed by atoms with Gasteiger partial charge in [0.2, 0.25) is 10.0 Å². The maximum absolute atomic E-state index is 13.8. The van der Waals surface area contributed by atoms with Gasteiger partial charge in [-0.25, -0.2) is 12.8 Å². The molecule has 0 aliphatic carbocycles. The Morgan fingerprint density at radius 3 is 2.41 bits per heavy atom. The van der Waals surface area contributed by atoms with E-state index in [1.165, 1.54) is 31.3 Å². The predicted octanol–water partition coefficient (Wildman–Crippen LogP) is 4.02. The van der Waals surface area contributed by atoms with Crippen molar-refractivity contribution in [3.05, 3.63) is 60.0 Å². The molecule has 0 unspecified atom stereocenters. The van der Waals surface area contributed by atoms with E-state index in [2.05, 4.69) is 10.2 Å². The van der Waals surface area contributed by atoms with Gasteiger partial charge >= 0.3 is 6.18 Å². The Balaban J connectivity index is 2.11. The van der Waals surface area contributed by atoms with Gasteiger partial charge in [0, 0.05) is 11.9 Å². The van der Waals surface area contributed by atoms with Crippen molar-refractivity contribution in [1.29, 1.82) is 0 Å². The zero-order valence-electron chi connectivity index (χ0n) is 14.0. The van der Waals surface area contributed by atoms with Crippen LogP contribution in [0.4, 0.5) is 17.6 Å². The summed E-state index contributed by atoms with van der Waals surface area (Å²) in [6.07, 6.45) is -3.42. The fourth-order valence-corrected chi connectivity index (χ4v) is 4.50. The lowest BCUT2D eigenvalue weighted by Crippen LogP contribution is -2.42. The van der Waals surface area contributed by atoms with Gasteiger partial charge in [0.15, 0.2) is 0 Å². The van der Waals surface area contributed by atoms with Gasteiger partial charge in [0.1, 0.15) is 11.9 Å². The fraction of sp³-hybridized carbons (Fsp3) is 0.235. The molecule has 0 aliphatic heterocycles. The molecule has 144 valence electrons. The van der Waals surface area contributed by atoms with Crippen LogP contribution in [0.25, 0.3) is 10.9 Å². The molecule has 0 amide bonds. The lowest BCUT2D eigenvalue weighted by Gasteiger charge is -2.31. The van der Waals surface area contributed by atoms with Crippen LogP contribution in [0.2, 0.25) is 0 Å². The molecular weight excluding hydrogens is 386 g/mol. The molecule has 0 saturated heterocycles. The van der Waals surface area contributed by atoms with Gasteiger partial charge in [0.05, 0.1) is 16.6 Å². The molecule has 5 nitrogen and oxygen atoms in total. The molecular formula is C17H15F4N3O2S. The standard InChI is InChI=1S/C17H15F4N3O2S/c1-2-24(16(17(19,20)21)11-3-6-13(18)7-4-11)27(25,26)14-8-5-12-10-22-23-15(12)9-14/h3-10,16H,2H2,1H3,(H,22,23)/t16-/m1/s1. The van der Waals surface area contributed by atoms with E-state index in [0.717, 1.165) is 24.3 Å². The second kappa shape index (κ2) is 6.93. The number of aromatic amines is 1. The number of nitrogens with one attached hydrogen (secondary N) is 1. The molecule has 0 spiro atoms. The van der Waals surface area contributed by atoms with Crippen molar-refractivity contribution in [2.24, 2.45) is 0 Å². The summed E-state index contributed by atoms with van der Waals surface area (Å²) in [7, 11) is -4.49. The highest BCUT2D eigenvalue weighted by molar-refractivity contribution is 7.89. The van der Waals surface area contributed by atoms with Crippen LogP contribution in [0.3, 0.4) is 0 Å². The molecule has 1 N–H and O–H groups in total. The van der Waals surface area contributed by atoms with Gasteiger partial charge in [0.25, 0.3) is 0 Å². The quantitative estimate of drug-likeness (QED) is 0.657. The molecule has 1 aromatic heterocycles. The van der Waals surface area contributed by atoms with Crippen LogP contribution in [0.1, 0.15) is 18.5 Å². The first kappa shape index (κ1) is 19.3. The van der Waals surface area contributed by atoms with E-state index in [-0.39, 0.29) is 10.5 Å². The van der Waals surface area contributed by atoms with E-state index < -0.39 is 34.6 Å². The summed E-state index contributed by atoms with van der Waals surface area (Å²) < 4.78 is 80.8. The number of halogens is 4. The van der Waals surface area contributed by atoms with Crippen LogP contribution in [0, 0.1) is 5.82 Å². The van der Waals surface area contributed by atoms with E-state index in [1.807, 2.05) is 0 Å². The summed E-state index contributed by atoms with van der Waals surface area (Å²) in [6, 6.07) is 5.08. The van der Waals surface area contributed by atoms with E-state index in [9.17, 15) is 26.0 Å². The molecule has 1 heterocycles. The zero-order valence-corrected chi connectivity index (χ0v) is 14.9. The number of alkyl halides is 3. The molecule has 0 fully saturated rings. The maximum Gasteiger partial charge on any atom is 0.409 e. The lowest BCUT2D eigenvalue weighted by molar-refractivity contribution is -0.173. The van der Waals surface area contributed by atoms with Crippen molar-refractivity contribution in [2.75, 3.05) is 6.54 Å². The number of H-pyrrole nitrogens is 1. The summed E-state index contributed by atoms with van der Waals surface area (Å²) in [5, 5.41) is 6.99. The Morgan fingerprint density at radius 1 is 1.15 bits per heavy atom. The zero-order chi connectivity index (χ0) is 19.8. The van der Waals surface area contributed by atoms with Gasteiger partial charge in [-0.05, 0) is 35.9 Å². The number of sulfonamides is 1. The molecule has 0 radical (unpaired) electrons. The molecule has 27 heavy (non-hydrogen) atoms. The Morgan fingerprint density at radius 2 is 1.81 bits per heavy atom. The average molecular weight is 401 g/mol. The monoisotopic (exact) mass is 401 g/mol. The molecule has 2 aromatic carbocycles. The summed E-state index contributed by atoms with van der Waals surface area (Å²) in [5.74, 6) is -0.713. The third-order valence-electron chi connectivity index (χ3n) is 4.12. The highest BCUT2D eigenvalue weighted by atomic mass is 32.2. The molecule has 10 heteroatoms. The van der Waals surface area contributed by atoms with Crippen molar-refractivity contribution in [3.8, 4) is 0 Å². The van der Waals surface area contributed by atoms with Crippen molar-refractivity contribution >= 4 is 20.9 Å². The largest absolute Gasteiger partial charge is 0.409 e. The first-order chi connectivity index (χ1) is 12.6. The van der Waals surface area contributed by atoms with Gasteiger partial charge < -0.3 is 0 Å². The third kappa shape index (κ3) is 3.67. The Kier molecular flexibility index (Phi) is 4.96. The molecule has 0 aliphatic rings. The topological polar surface area (TPSA) is 66.1 Å². The Labute approximate surface area is 152 Å². The Hall–Kier alpha value is -2.46. The van der Waals surface area contributed by atoms with Crippen LogP contribution in [-0.2, 0) is 10.0 Å². The van der Waals surface area contributed by atoms with Gasteiger partial charge in [-0.1, -0.05) is 19.1 Å². The van der Waals surface area contributed by atoms with E-state index >= 15 is 0 Å². The first-order valence-corrected chi connectivity index (χ1v) is 9.35. The van der Waals surface area contributed by atoms with E-state index in [1.54, 1.807) is 0 Å². The van der Waals surface area contributed by atoms with Crippen LogP contribution >= 0.6 is 0 Å². The highest BCUT2D eigenvalue weighted by Crippen LogP contribution is 2.40. The molecule has 3 rings (SSSR count). The molecule has 3 aromatic rings. The minimum absolute atomic E-state index is 0.294. The van der Waals surface area contributed by atoms with Crippen molar-refractivity contribution < 1.29 is 26.0 Å². The minimum Gasteiger partial charge on any atom is -0.278 e. The SMILES string of the molecule is CCN([C@H](c1ccc(F)cc1)C(F)(F)F)S(=O)(=O)c1ccc2cn[nH]c2c1. The van der Waals surface area contributed by atoms with Gasteiger partial charge in [-0.2, -0.15) is 22.6 Å². The number of hydrogen-bond donors (Lipinski definition) is 1. The number of fused-ring (bicyclic) bond motifs is 1. The molecule has 0 bridgehead atoms. The second-order valence-electron chi connectivity index (χ2n) is 5.82. The smallest absolute Gasteiger partial charge is 0.278 e. The van der Waals surface area contributed by atoms with Crippen molar-refractivity contribution in [1.82, 2.24) is 14.5 Å². The second-order valence-corrected chi connectivity index (χ2v) is 7.71. The number of hydrogen-bond acceptors (Lipinski definition) is 3.